The summed E-state index contributed by atoms with van der Waals surface area (Å²) in [6.45, 7) is 1.10. The van der Waals surface area contributed by atoms with E-state index in [9.17, 15) is 4.79 Å². The molecule has 0 aliphatic carbocycles. The lowest BCUT2D eigenvalue weighted by Gasteiger charge is -2.27. The highest BCUT2D eigenvalue weighted by Gasteiger charge is 2.42. The second-order valence-electron chi connectivity index (χ2n) is 9.59. The predicted molar refractivity (Wildman–Crippen MR) is 146 cm³/mol. The Balaban J connectivity index is 1.24. The number of nitrogens with one attached hydrogen (secondary N) is 1. The molecular formula is C32H25N3O4. The van der Waals surface area contributed by atoms with Crippen LogP contribution in [0.2, 0.25) is 0 Å². The van der Waals surface area contributed by atoms with E-state index in [1.54, 1.807) is 0 Å². The quantitative estimate of drug-likeness (QED) is 0.282. The summed E-state index contributed by atoms with van der Waals surface area (Å²) in [5, 5.41) is 7.60. The first-order valence-electron chi connectivity index (χ1n) is 12.8. The lowest BCUT2D eigenvalue weighted by Crippen LogP contribution is -2.29. The summed E-state index contributed by atoms with van der Waals surface area (Å²) in [7, 11) is 0. The zero-order valence-electron chi connectivity index (χ0n) is 21.0. The molecule has 7 nitrogen and oxygen atoms in total. The van der Waals surface area contributed by atoms with Gasteiger partial charge in [-0.05, 0) is 41.0 Å². The van der Waals surface area contributed by atoms with Crippen LogP contribution >= 0.6 is 0 Å². The van der Waals surface area contributed by atoms with E-state index in [1.165, 1.54) is 0 Å². The third-order valence-electron chi connectivity index (χ3n) is 7.15. The lowest BCUT2D eigenvalue weighted by molar-refractivity contribution is 0.0730. The van der Waals surface area contributed by atoms with E-state index in [2.05, 4.69) is 10.2 Å². The number of aromatic amines is 1. The molecule has 0 saturated heterocycles. The van der Waals surface area contributed by atoms with E-state index in [0.29, 0.717) is 24.6 Å². The highest BCUT2D eigenvalue weighted by Crippen LogP contribution is 2.44. The van der Waals surface area contributed by atoms with E-state index in [0.717, 1.165) is 45.0 Å². The van der Waals surface area contributed by atoms with Gasteiger partial charge < -0.3 is 19.1 Å². The Morgan fingerprint density at radius 3 is 2.38 bits per heavy atom. The third-order valence-corrected chi connectivity index (χ3v) is 7.15. The molecule has 0 spiro atoms. The molecule has 2 aliphatic rings. The first-order chi connectivity index (χ1) is 19.2. The molecule has 1 atom stereocenters. The van der Waals surface area contributed by atoms with Crippen molar-refractivity contribution in [3.63, 3.8) is 0 Å². The molecule has 192 valence electrons. The Labute approximate surface area is 225 Å². The van der Waals surface area contributed by atoms with Crippen LogP contribution in [0.3, 0.4) is 0 Å². The van der Waals surface area contributed by atoms with Gasteiger partial charge in [0.1, 0.15) is 18.1 Å². The Bertz CT molecular complexity index is 1630. The number of aromatic nitrogens is 2. The number of ether oxygens (including phenoxy) is 3. The van der Waals surface area contributed by atoms with Crippen LogP contribution in [0.5, 0.6) is 17.2 Å². The fourth-order valence-corrected chi connectivity index (χ4v) is 5.25. The minimum atomic E-state index is -0.324. The topological polar surface area (TPSA) is 76.7 Å². The van der Waals surface area contributed by atoms with Crippen LogP contribution in [-0.4, -0.2) is 27.8 Å². The maximum Gasteiger partial charge on any atom is 0.273 e. The molecule has 5 aromatic rings. The average molecular weight is 516 g/mol. The van der Waals surface area contributed by atoms with E-state index in [4.69, 9.17) is 14.2 Å². The minimum absolute atomic E-state index is 0.0910. The van der Waals surface area contributed by atoms with Crippen molar-refractivity contribution < 1.29 is 19.0 Å². The molecule has 0 saturated carbocycles. The maximum absolute atomic E-state index is 13.8. The van der Waals surface area contributed by atoms with Gasteiger partial charge in [0.2, 0.25) is 6.79 Å². The van der Waals surface area contributed by atoms with E-state index in [1.807, 2.05) is 108 Å². The maximum atomic E-state index is 13.8. The molecule has 7 heteroatoms. The second-order valence-corrected chi connectivity index (χ2v) is 9.59. The Morgan fingerprint density at radius 2 is 1.59 bits per heavy atom. The number of carbonyl (C=O) groups is 1. The molecule has 2 aliphatic heterocycles. The van der Waals surface area contributed by atoms with E-state index >= 15 is 0 Å². The summed E-state index contributed by atoms with van der Waals surface area (Å²) >= 11 is 0. The van der Waals surface area contributed by atoms with Crippen LogP contribution < -0.4 is 14.2 Å². The van der Waals surface area contributed by atoms with Gasteiger partial charge in [0.25, 0.3) is 5.91 Å². The van der Waals surface area contributed by atoms with Crippen LogP contribution in [0.4, 0.5) is 0 Å². The van der Waals surface area contributed by atoms with Gasteiger partial charge in [-0.3, -0.25) is 9.89 Å². The van der Waals surface area contributed by atoms with Gasteiger partial charge in [-0.25, -0.2) is 0 Å². The first-order valence-corrected chi connectivity index (χ1v) is 12.8. The SMILES string of the molecule is O=C1c2[nH]nc(-c3ccccc3)c2C(c2ccc(OCc3ccccc3)cc2)N1Cc1ccc2c(c1)OCO2. The van der Waals surface area contributed by atoms with Crippen molar-refractivity contribution in [2.24, 2.45) is 0 Å². The number of H-pyrrole nitrogens is 1. The normalized spacial score (nSPS) is 15.4. The average Bonchev–Trinajstić information content (AvgIpc) is 3.70. The van der Waals surface area contributed by atoms with Crippen molar-refractivity contribution >= 4 is 5.91 Å². The second kappa shape index (κ2) is 9.68. The number of benzene rings is 4. The van der Waals surface area contributed by atoms with Crippen LogP contribution in [0.25, 0.3) is 11.3 Å². The predicted octanol–water partition coefficient (Wildman–Crippen LogP) is 6.13. The highest BCUT2D eigenvalue weighted by molar-refractivity contribution is 6.00. The first kappa shape index (κ1) is 23.1. The largest absolute Gasteiger partial charge is 0.489 e. The molecule has 7 rings (SSSR count). The fraction of sp³-hybridized carbons (Fsp3) is 0.125. The van der Waals surface area contributed by atoms with Crippen LogP contribution in [0, 0.1) is 0 Å². The standard InChI is InChI=1S/C32H25N3O4/c36-32-30-28(29(33-34-30)23-9-5-2-6-10-23)31(35(32)18-22-11-16-26-27(17-22)39-20-38-26)24-12-14-25(15-13-24)37-19-21-7-3-1-4-8-21/h1-17,31H,18-20H2,(H,33,34). The fourth-order valence-electron chi connectivity index (χ4n) is 5.25. The minimum Gasteiger partial charge on any atom is -0.489 e. The van der Waals surface area contributed by atoms with E-state index < -0.39 is 0 Å². The van der Waals surface area contributed by atoms with Crippen molar-refractivity contribution in [2.45, 2.75) is 19.2 Å². The molecular weight excluding hydrogens is 490 g/mol. The van der Waals surface area contributed by atoms with Crippen molar-refractivity contribution in [2.75, 3.05) is 6.79 Å². The number of amides is 1. The zero-order chi connectivity index (χ0) is 26.2. The molecule has 0 radical (unpaired) electrons. The number of carbonyl (C=O) groups excluding carboxylic acids is 1. The number of nitrogens with zero attached hydrogens (tertiary/aromatic N) is 2. The molecule has 0 bridgehead atoms. The number of hydrogen-bond acceptors (Lipinski definition) is 5. The van der Waals surface area contributed by atoms with Gasteiger partial charge in [0, 0.05) is 17.7 Å². The van der Waals surface area contributed by atoms with Gasteiger partial charge in [-0.1, -0.05) is 78.9 Å². The molecule has 1 N–H and O–H groups in total. The smallest absolute Gasteiger partial charge is 0.273 e. The van der Waals surface area contributed by atoms with Gasteiger partial charge in [0.05, 0.1) is 11.7 Å². The number of hydrogen-bond donors (Lipinski definition) is 1. The molecule has 1 unspecified atom stereocenters. The van der Waals surface area contributed by atoms with Crippen LogP contribution in [0.1, 0.15) is 38.8 Å². The summed E-state index contributed by atoms with van der Waals surface area (Å²) in [5.74, 6) is 2.09. The Hall–Kier alpha value is -5.04. The van der Waals surface area contributed by atoms with Gasteiger partial charge in [0.15, 0.2) is 11.5 Å². The molecule has 1 aromatic heterocycles. The lowest BCUT2D eigenvalue weighted by atomic mass is 9.96. The summed E-state index contributed by atoms with van der Waals surface area (Å²) in [5.41, 5.74) is 6.18. The third kappa shape index (κ3) is 4.28. The van der Waals surface area contributed by atoms with Gasteiger partial charge in [-0.2, -0.15) is 5.10 Å². The number of fused-ring (bicyclic) bond motifs is 2. The van der Waals surface area contributed by atoms with E-state index in [-0.39, 0.29) is 18.7 Å². The van der Waals surface area contributed by atoms with Crippen molar-refractivity contribution in [3.8, 4) is 28.5 Å². The Morgan fingerprint density at radius 1 is 0.846 bits per heavy atom. The van der Waals surface area contributed by atoms with Crippen LogP contribution in [0.15, 0.2) is 103 Å². The summed E-state index contributed by atoms with van der Waals surface area (Å²) in [4.78, 5) is 15.6. The highest BCUT2D eigenvalue weighted by atomic mass is 16.7. The van der Waals surface area contributed by atoms with Crippen LogP contribution in [-0.2, 0) is 13.2 Å². The molecule has 1 amide bonds. The summed E-state index contributed by atoms with van der Waals surface area (Å²) in [6.07, 6.45) is 0. The summed E-state index contributed by atoms with van der Waals surface area (Å²) in [6, 6.07) is 33.5. The molecule has 3 heterocycles. The Kier molecular flexibility index (Phi) is 5.74. The molecule has 39 heavy (non-hydrogen) atoms. The zero-order valence-corrected chi connectivity index (χ0v) is 21.0. The van der Waals surface area contributed by atoms with Gasteiger partial charge >= 0.3 is 0 Å². The van der Waals surface area contributed by atoms with Crippen molar-refractivity contribution in [1.82, 2.24) is 15.1 Å². The van der Waals surface area contributed by atoms with Crippen molar-refractivity contribution in [1.29, 1.82) is 0 Å². The molecule has 0 fully saturated rings. The van der Waals surface area contributed by atoms with Gasteiger partial charge in [-0.15, -0.1) is 0 Å². The molecule has 4 aromatic carbocycles. The monoisotopic (exact) mass is 515 g/mol. The number of rotatable bonds is 7. The van der Waals surface area contributed by atoms with Crippen molar-refractivity contribution in [3.05, 3.63) is 131 Å². The summed E-state index contributed by atoms with van der Waals surface area (Å²) < 4.78 is 17.1.